The number of esters is 1. The zero-order chi connectivity index (χ0) is 24.1. The second-order valence-corrected chi connectivity index (χ2v) is 10.3. The molecule has 2 aromatic rings. The molecular formula is C24H29N3O6S. The monoisotopic (exact) mass is 487 g/mol. The summed E-state index contributed by atoms with van der Waals surface area (Å²) < 4.78 is 37.7. The van der Waals surface area contributed by atoms with Crippen molar-refractivity contribution in [2.24, 2.45) is 5.92 Å². The van der Waals surface area contributed by atoms with E-state index < -0.39 is 21.9 Å². The van der Waals surface area contributed by atoms with Crippen molar-refractivity contribution in [2.45, 2.75) is 17.7 Å². The fourth-order valence-corrected chi connectivity index (χ4v) is 5.83. The van der Waals surface area contributed by atoms with Gasteiger partial charge in [-0.15, -0.1) is 0 Å². The number of morpholine rings is 1. The Hall–Kier alpha value is -2.95. The lowest BCUT2D eigenvalue weighted by Crippen LogP contribution is -2.43. The molecule has 0 aromatic heterocycles. The van der Waals surface area contributed by atoms with E-state index in [9.17, 15) is 18.0 Å². The number of rotatable bonds is 6. The van der Waals surface area contributed by atoms with E-state index >= 15 is 0 Å². The van der Waals surface area contributed by atoms with Crippen molar-refractivity contribution in [3.63, 3.8) is 0 Å². The molecule has 182 valence electrons. The molecule has 1 unspecified atom stereocenters. The molecule has 9 nitrogen and oxygen atoms in total. The first kappa shape index (κ1) is 24.2. The summed E-state index contributed by atoms with van der Waals surface area (Å²) in [5.41, 5.74) is 1.45. The smallest absolute Gasteiger partial charge is 0.340 e. The zero-order valence-corrected chi connectivity index (χ0v) is 19.9. The predicted octanol–water partition coefficient (Wildman–Crippen LogP) is 2.35. The van der Waals surface area contributed by atoms with E-state index in [1.165, 1.54) is 11.4 Å². The van der Waals surface area contributed by atoms with Crippen LogP contribution in [0.15, 0.2) is 53.4 Å². The molecule has 0 bridgehead atoms. The number of methoxy groups -OCH3 is 1. The van der Waals surface area contributed by atoms with Gasteiger partial charge in [-0.2, -0.15) is 4.31 Å². The van der Waals surface area contributed by atoms with Gasteiger partial charge >= 0.3 is 5.97 Å². The number of carbonyl (C=O) groups excluding carboxylic acids is 2. The molecular weight excluding hydrogens is 458 g/mol. The average Bonchev–Trinajstić information content (AvgIpc) is 2.89. The number of piperidine rings is 1. The normalized spacial score (nSPS) is 19.4. The van der Waals surface area contributed by atoms with E-state index in [4.69, 9.17) is 9.47 Å². The summed E-state index contributed by atoms with van der Waals surface area (Å²) in [5, 5.41) is 2.83. The van der Waals surface area contributed by atoms with Gasteiger partial charge in [0.15, 0.2) is 0 Å². The van der Waals surface area contributed by atoms with Crippen molar-refractivity contribution in [2.75, 3.05) is 56.7 Å². The SMILES string of the molecule is COC(=O)c1cc(N2CCOCC2)ccc1NC(=O)C1CCCN(S(=O)(=O)c2ccccc2)C1. The van der Waals surface area contributed by atoms with E-state index in [1.807, 2.05) is 6.07 Å². The third-order valence-corrected chi connectivity index (χ3v) is 8.06. The molecule has 4 rings (SSSR count). The van der Waals surface area contributed by atoms with Crippen LogP contribution in [0.25, 0.3) is 0 Å². The molecule has 1 amide bonds. The van der Waals surface area contributed by atoms with Gasteiger partial charge in [-0.1, -0.05) is 18.2 Å². The number of sulfonamides is 1. The molecule has 2 heterocycles. The van der Waals surface area contributed by atoms with Crippen LogP contribution in [-0.4, -0.2) is 71.1 Å². The quantitative estimate of drug-likeness (QED) is 0.624. The molecule has 2 aliphatic heterocycles. The van der Waals surface area contributed by atoms with Crippen molar-refractivity contribution in [1.29, 1.82) is 0 Å². The van der Waals surface area contributed by atoms with Crippen LogP contribution in [-0.2, 0) is 24.3 Å². The molecule has 34 heavy (non-hydrogen) atoms. The standard InChI is InChI=1S/C24H29N3O6S/c1-32-24(29)21-16-19(26-12-14-33-15-13-26)9-10-22(21)25-23(28)18-6-5-11-27(17-18)34(30,31)20-7-3-2-4-8-20/h2-4,7-10,16,18H,5-6,11-15,17H2,1H3,(H,25,28). The molecule has 2 aromatic carbocycles. The minimum Gasteiger partial charge on any atom is -0.465 e. The van der Waals surface area contributed by atoms with E-state index in [-0.39, 0.29) is 22.9 Å². The van der Waals surface area contributed by atoms with Gasteiger partial charge in [-0.25, -0.2) is 13.2 Å². The number of nitrogens with zero attached hydrogens (tertiary/aromatic N) is 2. The molecule has 10 heteroatoms. The average molecular weight is 488 g/mol. The minimum absolute atomic E-state index is 0.0858. The number of carbonyl (C=O) groups is 2. The third kappa shape index (κ3) is 5.24. The largest absolute Gasteiger partial charge is 0.465 e. The number of amides is 1. The van der Waals surface area contributed by atoms with Crippen LogP contribution in [0.5, 0.6) is 0 Å². The number of anilines is 2. The molecule has 0 saturated carbocycles. The van der Waals surface area contributed by atoms with Crippen molar-refractivity contribution in [3.05, 3.63) is 54.1 Å². The van der Waals surface area contributed by atoms with Gasteiger partial charge in [0, 0.05) is 31.9 Å². The van der Waals surface area contributed by atoms with Gasteiger partial charge in [0.05, 0.1) is 42.4 Å². The molecule has 0 spiro atoms. The fraction of sp³-hybridized carbons (Fsp3) is 0.417. The lowest BCUT2D eigenvalue weighted by atomic mass is 9.98. The van der Waals surface area contributed by atoms with Crippen LogP contribution >= 0.6 is 0 Å². The molecule has 1 atom stereocenters. The number of ether oxygens (including phenoxy) is 2. The highest BCUT2D eigenvalue weighted by atomic mass is 32.2. The molecule has 0 aliphatic carbocycles. The maximum atomic E-state index is 13.1. The summed E-state index contributed by atoms with van der Waals surface area (Å²) in [4.78, 5) is 27.9. The van der Waals surface area contributed by atoms with Crippen molar-refractivity contribution in [1.82, 2.24) is 4.31 Å². The summed E-state index contributed by atoms with van der Waals surface area (Å²) in [7, 11) is -2.39. The van der Waals surface area contributed by atoms with Crippen LogP contribution in [0.2, 0.25) is 0 Å². The Bertz CT molecular complexity index is 1130. The Kier molecular flexibility index (Phi) is 7.50. The maximum Gasteiger partial charge on any atom is 0.340 e. The Labute approximate surface area is 199 Å². The second-order valence-electron chi connectivity index (χ2n) is 8.33. The molecule has 2 saturated heterocycles. The van der Waals surface area contributed by atoms with Crippen molar-refractivity contribution >= 4 is 33.3 Å². The number of hydrogen-bond acceptors (Lipinski definition) is 7. The van der Waals surface area contributed by atoms with Gasteiger partial charge in [0.25, 0.3) is 0 Å². The lowest BCUT2D eigenvalue weighted by Gasteiger charge is -2.31. The van der Waals surface area contributed by atoms with E-state index in [0.717, 1.165) is 5.69 Å². The van der Waals surface area contributed by atoms with Crippen LogP contribution in [0.1, 0.15) is 23.2 Å². The summed E-state index contributed by atoms with van der Waals surface area (Å²) in [6.45, 7) is 3.08. The first-order valence-electron chi connectivity index (χ1n) is 11.3. The Morgan fingerprint density at radius 1 is 1.06 bits per heavy atom. The van der Waals surface area contributed by atoms with Crippen molar-refractivity contribution < 1.29 is 27.5 Å². The topological polar surface area (TPSA) is 105 Å². The van der Waals surface area contributed by atoms with E-state index in [2.05, 4.69) is 10.2 Å². The Morgan fingerprint density at radius 3 is 2.50 bits per heavy atom. The summed E-state index contributed by atoms with van der Waals surface area (Å²) in [5.74, 6) is -1.41. The zero-order valence-electron chi connectivity index (χ0n) is 19.1. The predicted molar refractivity (Wildman–Crippen MR) is 127 cm³/mol. The minimum atomic E-state index is -3.68. The van der Waals surface area contributed by atoms with Gasteiger partial charge in [-0.05, 0) is 43.2 Å². The molecule has 1 N–H and O–H groups in total. The second kappa shape index (κ2) is 10.5. The first-order valence-corrected chi connectivity index (χ1v) is 12.8. The van der Waals surface area contributed by atoms with Gasteiger partial charge in [0.2, 0.25) is 15.9 Å². The third-order valence-electron chi connectivity index (χ3n) is 6.18. The van der Waals surface area contributed by atoms with E-state index in [1.54, 1.807) is 42.5 Å². The summed E-state index contributed by atoms with van der Waals surface area (Å²) >= 11 is 0. The first-order chi connectivity index (χ1) is 16.4. The van der Waals surface area contributed by atoms with Gasteiger partial charge in [0.1, 0.15) is 0 Å². The summed E-state index contributed by atoms with van der Waals surface area (Å²) in [6, 6.07) is 13.5. The van der Waals surface area contributed by atoms with Gasteiger partial charge in [-0.3, -0.25) is 4.79 Å². The summed E-state index contributed by atoms with van der Waals surface area (Å²) in [6.07, 6.45) is 1.13. The molecule has 2 fully saturated rings. The van der Waals surface area contributed by atoms with Gasteiger partial charge < -0.3 is 19.7 Å². The molecule has 2 aliphatic rings. The van der Waals surface area contributed by atoms with Crippen LogP contribution in [0.3, 0.4) is 0 Å². The van der Waals surface area contributed by atoms with Crippen molar-refractivity contribution in [3.8, 4) is 0 Å². The number of benzene rings is 2. The molecule has 0 radical (unpaired) electrons. The van der Waals surface area contributed by atoms with Crippen LogP contribution in [0.4, 0.5) is 11.4 Å². The Morgan fingerprint density at radius 2 is 1.79 bits per heavy atom. The van der Waals surface area contributed by atoms with Crippen LogP contribution < -0.4 is 10.2 Å². The highest BCUT2D eigenvalue weighted by Gasteiger charge is 2.33. The highest BCUT2D eigenvalue weighted by Crippen LogP contribution is 2.28. The fourth-order valence-electron chi connectivity index (χ4n) is 4.29. The number of hydrogen-bond donors (Lipinski definition) is 1. The van der Waals surface area contributed by atoms with E-state index in [0.29, 0.717) is 51.4 Å². The maximum absolute atomic E-state index is 13.1. The van der Waals surface area contributed by atoms with Crippen LogP contribution in [0, 0.1) is 5.92 Å². The number of nitrogens with one attached hydrogen (secondary N) is 1. The lowest BCUT2D eigenvalue weighted by molar-refractivity contribution is -0.120. The highest BCUT2D eigenvalue weighted by molar-refractivity contribution is 7.89. The Balaban J connectivity index is 1.50.